The minimum atomic E-state index is -0.497. The number of aromatic nitrogens is 2. The molecule has 1 N–H and O–H groups in total. The molecule has 8 nitrogen and oxygen atoms in total. The van der Waals surface area contributed by atoms with Crippen molar-refractivity contribution in [3.8, 4) is 11.5 Å². The van der Waals surface area contributed by atoms with Crippen LogP contribution in [0.25, 0.3) is 17.5 Å². The lowest BCUT2D eigenvalue weighted by atomic mass is 10.1. The molecule has 0 spiro atoms. The maximum Gasteiger partial charge on any atom is 0.322 e. The highest BCUT2D eigenvalue weighted by Crippen LogP contribution is 2.20. The van der Waals surface area contributed by atoms with Crippen LogP contribution in [-0.4, -0.2) is 21.0 Å². The van der Waals surface area contributed by atoms with Gasteiger partial charge in [0.1, 0.15) is 0 Å². The third kappa shape index (κ3) is 4.18. The second-order valence-electron chi connectivity index (χ2n) is 5.46. The monoisotopic (exact) mass is 350 g/mol. The number of carbonyl (C=O) groups is 1. The predicted octanol–water partition coefficient (Wildman–Crippen LogP) is 3.61. The number of benzene rings is 2. The molecule has 0 saturated carbocycles. The summed E-state index contributed by atoms with van der Waals surface area (Å²) in [4.78, 5) is 22.2. The van der Waals surface area contributed by atoms with E-state index in [1.165, 1.54) is 24.3 Å². The standard InChI is InChI=1S/C18H14N4O4/c1-12-4-2-6-14(10-12)17-20-21-18(26-17)19-16(23)9-8-13-5-3-7-15(11-13)22(24)25/h2-11H,1H3,(H,19,21,23)/b9-8+. The van der Waals surface area contributed by atoms with Gasteiger partial charge in [-0.2, -0.15) is 0 Å². The smallest absolute Gasteiger partial charge is 0.322 e. The Hall–Kier alpha value is -3.81. The fourth-order valence-electron chi connectivity index (χ4n) is 2.23. The molecule has 0 fully saturated rings. The molecule has 1 heterocycles. The summed E-state index contributed by atoms with van der Waals surface area (Å²) in [6.07, 6.45) is 2.69. The van der Waals surface area contributed by atoms with Crippen molar-refractivity contribution in [2.45, 2.75) is 6.92 Å². The Kier molecular flexibility index (Phi) is 4.84. The molecule has 0 aliphatic heterocycles. The van der Waals surface area contributed by atoms with Gasteiger partial charge in [-0.15, -0.1) is 5.10 Å². The zero-order valence-corrected chi connectivity index (χ0v) is 13.7. The molecule has 8 heteroatoms. The van der Waals surface area contributed by atoms with Crippen LogP contribution >= 0.6 is 0 Å². The van der Waals surface area contributed by atoms with E-state index in [1.807, 2.05) is 31.2 Å². The number of nitro groups is 1. The first-order valence-corrected chi connectivity index (χ1v) is 7.65. The van der Waals surface area contributed by atoms with Crippen molar-refractivity contribution in [3.05, 3.63) is 75.8 Å². The maximum absolute atomic E-state index is 11.9. The van der Waals surface area contributed by atoms with Gasteiger partial charge in [0.2, 0.25) is 5.89 Å². The minimum Gasteiger partial charge on any atom is -0.403 e. The average Bonchev–Trinajstić information content (AvgIpc) is 3.09. The first-order chi connectivity index (χ1) is 12.5. The van der Waals surface area contributed by atoms with Gasteiger partial charge < -0.3 is 4.42 Å². The Morgan fingerprint density at radius 2 is 2.00 bits per heavy atom. The van der Waals surface area contributed by atoms with E-state index in [0.29, 0.717) is 11.5 Å². The molecule has 0 unspecified atom stereocenters. The molecule has 0 aliphatic rings. The normalized spacial score (nSPS) is 10.8. The number of rotatable bonds is 5. The highest BCUT2D eigenvalue weighted by Gasteiger charge is 2.10. The van der Waals surface area contributed by atoms with Crippen LogP contribution in [0.2, 0.25) is 0 Å². The molecule has 0 bridgehead atoms. The summed E-state index contributed by atoms with van der Waals surface area (Å²) in [6.45, 7) is 1.95. The molecule has 0 radical (unpaired) electrons. The quantitative estimate of drug-likeness (QED) is 0.427. The second-order valence-corrected chi connectivity index (χ2v) is 5.46. The van der Waals surface area contributed by atoms with E-state index >= 15 is 0 Å². The number of hydrogen-bond acceptors (Lipinski definition) is 6. The summed E-state index contributed by atoms with van der Waals surface area (Å²) < 4.78 is 5.42. The number of nitro benzene ring substituents is 1. The van der Waals surface area contributed by atoms with Gasteiger partial charge in [0, 0.05) is 23.8 Å². The lowest BCUT2D eigenvalue weighted by Crippen LogP contribution is -2.07. The topological polar surface area (TPSA) is 111 Å². The zero-order chi connectivity index (χ0) is 18.5. The van der Waals surface area contributed by atoms with Crippen LogP contribution < -0.4 is 5.32 Å². The van der Waals surface area contributed by atoms with Crippen molar-refractivity contribution < 1.29 is 14.1 Å². The van der Waals surface area contributed by atoms with Crippen molar-refractivity contribution >= 4 is 23.7 Å². The number of aryl methyl sites for hydroxylation is 1. The van der Waals surface area contributed by atoms with Crippen LogP contribution in [0.5, 0.6) is 0 Å². The number of nitrogens with one attached hydrogen (secondary N) is 1. The molecule has 0 atom stereocenters. The van der Waals surface area contributed by atoms with Gasteiger partial charge in [-0.1, -0.05) is 34.9 Å². The Morgan fingerprint density at radius 3 is 2.77 bits per heavy atom. The van der Waals surface area contributed by atoms with Gasteiger partial charge in [0.25, 0.3) is 11.6 Å². The number of hydrogen-bond donors (Lipinski definition) is 1. The Bertz CT molecular complexity index is 994. The van der Waals surface area contributed by atoms with Crippen LogP contribution in [0.4, 0.5) is 11.7 Å². The molecular formula is C18H14N4O4. The van der Waals surface area contributed by atoms with Crippen LogP contribution in [0.1, 0.15) is 11.1 Å². The SMILES string of the molecule is Cc1cccc(-c2nnc(NC(=O)/C=C/c3cccc([N+](=O)[O-])c3)o2)c1. The van der Waals surface area contributed by atoms with Gasteiger partial charge >= 0.3 is 6.01 Å². The van der Waals surface area contributed by atoms with E-state index in [1.54, 1.807) is 12.1 Å². The fourth-order valence-corrected chi connectivity index (χ4v) is 2.23. The number of amides is 1. The third-order valence-corrected chi connectivity index (χ3v) is 3.43. The van der Waals surface area contributed by atoms with E-state index < -0.39 is 10.8 Å². The van der Waals surface area contributed by atoms with Crippen LogP contribution in [-0.2, 0) is 4.79 Å². The first kappa shape index (κ1) is 17.0. The van der Waals surface area contributed by atoms with Crippen LogP contribution in [0, 0.1) is 17.0 Å². The van der Waals surface area contributed by atoms with Crippen molar-refractivity contribution in [1.29, 1.82) is 0 Å². The highest BCUT2D eigenvalue weighted by molar-refractivity contribution is 6.00. The zero-order valence-electron chi connectivity index (χ0n) is 13.7. The van der Waals surface area contributed by atoms with Crippen LogP contribution in [0.15, 0.2) is 59.0 Å². The van der Waals surface area contributed by atoms with E-state index in [9.17, 15) is 14.9 Å². The van der Waals surface area contributed by atoms with E-state index in [4.69, 9.17) is 4.42 Å². The van der Waals surface area contributed by atoms with E-state index in [2.05, 4.69) is 15.5 Å². The number of non-ortho nitro benzene ring substituents is 1. The van der Waals surface area contributed by atoms with Crippen molar-refractivity contribution in [1.82, 2.24) is 10.2 Å². The Morgan fingerprint density at radius 1 is 1.19 bits per heavy atom. The summed E-state index contributed by atoms with van der Waals surface area (Å²) in [6, 6.07) is 13.4. The Labute approximate surface area is 148 Å². The molecule has 26 heavy (non-hydrogen) atoms. The first-order valence-electron chi connectivity index (χ1n) is 7.65. The molecular weight excluding hydrogens is 336 g/mol. The molecule has 0 saturated heterocycles. The summed E-state index contributed by atoms with van der Waals surface area (Å²) in [7, 11) is 0. The molecule has 2 aromatic carbocycles. The lowest BCUT2D eigenvalue weighted by Gasteiger charge is -1.97. The van der Waals surface area contributed by atoms with E-state index in [-0.39, 0.29) is 11.7 Å². The van der Waals surface area contributed by atoms with Crippen LogP contribution in [0.3, 0.4) is 0 Å². The maximum atomic E-state index is 11.9. The molecule has 0 aliphatic carbocycles. The van der Waals surface area contributed by atoms with Gasteiger partial charge in [-0.3, -0.25) is 20.2 Å². The average molecular weight is 350 g/mol. The molecule has 3 rings (SSSR count). The summed E-state index contributed by atoms with van der Waals surface area (Å²) in [5.74, 6) is -0.192. The molecule has 3 aromatic rings. The van der Waals surface area contributed by atoms with Crippen molar-refractivity contribution in [2.75, 3.05) is 5.32 Å². The highest BCUT2D eigenvalue weighted by atomic mass is 16.6. The predicted molar refractivity (Wildman–Crippen MR) is 95.2 cm³/mol. The van der Waals surface area contributed by atoms with E-state index in [0.717, 1.165) is 11.1 Å². The van der Waals surface area contributed by atoms with Crippen molar-refractivity contribution in [2.24, 2.45) is 0 Å². The number of carbonyl (C=O) groups excluding carboxylic acids is 1. The van der Waals surface area contributed by atoms with Gasteiger partial charge in [-0.05, 0) is 30.7 Å². The molecule has 1 amide bonds. The van der Waals surface area contributed by atoms with Gasteiger partial charge in [0.15, 0.2) is 0 Å². The molecule has 1 aromatic heterocycles. The number of nitrogens with zero attached hydrogens (tertiary/aromatic N) is 3. The van der Waals surface area contributed by atoms with Gasteiger partial charge in [0.05, 0.1) is 4.92 Å². The van der Waals surface area contributed by atoms with Gasteiger partial charge in [-0.25, -0.2) is 0 Å². The summed E-state index contributed by atoms with van der Waals surface area (Å²) in [5, 5.41) is 20.9. The van der Waals surface area contributed by atoms with Crippen molar-refractivity contribution in [3.63, 3.8) is 0 Å². The molecule has 130 valence electrons. The third-order valence-electron chi connectivity index (χ3n) is 3.43. The summed E-state index contributed by atoms with van der Waals surface area (Å²) >= 11 is 0. The Balaban J connectivity index is 1.67. The lowest BCUT2D eigenvalue weighted by molar-refractivity contribution is -0.384. The number of anilines is 1. The summed E-state index contributed by atoms with van der Waals surface area (Å²) in [5.41, 5.74) is 2.28. The largest absolute Gasteiger partial charge is 0.403 e. The fraction of sp³-hybridized carbons (Fsp3) is 0.0556. The minimum absolute atomic E-state index is 0.0322. The second kappa shape index (κ2) is 7.39.